The molecule has 160 valence electrons. The number of H-pyrrole nitrogens is 1. The van der Waals surface area contributed by atoms with Crippen molar-refractivity contribution in [2.45, 2.75) is 52.1 Å². The predicted molar refractivity (Wildman–Crippen MR) is 114 cm³/mol. The number of carbonyl (C=O) groups is 1. The van der Waals surface area contributed by atoms with E-state index < -0.39 is 0 Å². The minimum absolute atomic E-state index is 0.0627. The topological polar surface area (TPSA) is 84.2 Å². The Morgan fingerprint density at radius 2 is 2.23 bits per heavy atom. The molecule has 1 saturated heterocycles. The highest BCUT2D eigenvalue weighted by molar-refractivity contribution is 5.88. The fourth-order valence-electron chi connectivity index (χ4n) is 3.99. The van der Waals surface area contributed by atoms with Gasteiger partial charge in [0.1, 0.15) is 0 Å². The van der Waals surface area contributed by atoms with Gasteiger partial charge in [0.2, 0.25) is 11.8 Å². The molecule has 1 aliphatic heterocycles. The van der Waals surface area contributed by atoms with Crippen molar-refractivity contribution in [1.29, 1.82) is 0 Å². The van der Waals surface area contributed by atoms with E-state index in [1.165, 1.54) is 0 Å². The quantitative estimate of drug-likeness (QED) is 0.614. The molecule has 30 heavy (non-hydrogen) atoms. The highest BCUT2D eigenvalue weighted by Crippen LogP contribution is 2.20. The van der Waals surface area contributed by atoms with E-state index in [0.29, 0.717) is 43.6 Å². The van der Waals surface area contributed by atoms with Crippen molar-refractivity contribution in [3.63, 3.8) is 0 Å². The molecule has 4 rings (SSSR count). The molecule has 3 heterocycles. The van der Waals surface area contributed by atoms with Crippen LogP contribution in [0.4, 0.5) is 0 Å². The second-order valence-electron chi connectivity index (χ2n) is 8.46. The smallest absolute Gasteiger partial charge is 0.227 e. The number of likely N-dealkylation sites (tertiary alicyclic amines) is 1. The molecule has 1 aliphatic rings. The van der Waals surface area contributed by atoms with Gasteiger partial charge in [0, 0.05) is 43.0 Å². The summed E-state index contributed by atoms with van der Waals surface area (Å²) in [5.41, 5.74) is 2.12. The number of hydrogen-bond acceptors (Lipinski definition) is 5. The molecule has 1 fully saturated rings. The van der Waals surface area contributed by atoms with Gasteiger partial charge in [-0.1, -0.05) is 37.2 Å². The second kappa shape index (κ2) is 9.43. The second-order valence-corrected chi connectivity index (χ2v) is 8.46. The van der Waals surface area contributed by atoms with E-state index in [-0.39, 0.29) is 12.0 Å². The molecule has 1 unspecified atom stereocenters. The van der Waals surface area contributed by atoms with E-state index in [1.54, 1.807) is 0 Å². The van der Waals surface area contributed by atoms with Crippen molar-refractivity contribution >= 4 is 16.8 Å². The summed E-state index contributed by atoms with van der Waals surface area (Å²) in [5.74, 6) is 2.02. The number of hydrogen-bond donors (Lipinski definition) is 1. The maximum atomic E-state index is 12.9. The average molecular weight is 411 g/mol. The van der Waals surface area contributed by atoms with Gasteiger partial charge < -0.3 is 19.1 Å². The zero-order chi connectivity index (χ0) is 20.9. The summed E-state index contributed by atoms with van der Waals surface area (Å²) in [6.07, 6.45) is 5.78. The molecule has 0 saturated carbocycles. The first-order valence-electron chi connectivity index (χ1n) is 10.8. The monoisotopic (exact) mass is 410 g/mol. The Morgan fingerprint density at radius 3 is 3.10 bits per heavy atom. The Kier molecular flexibility index (Phi) is 6.47. The maximum Gasteiger partial charge on any atom is 0.227 e. The lowest BCUT2D eigenvalue weighted by Crippen LogP contribution is -2.44. The number of para-hydroxylation sites is 1. The van der Waals surface area contributed by atoms with E-state index in [9.17, 15) is 4.79 Å². The fourth-order valence-corrected chi connectivity index (χ4v) is 3.99. The summed E-state index contributed by atoms with van der Waals surface area (Å²) in [4.78, 5) is 22.5. The van der Waals surface area contributed by atoms with Crippen LogP contribution in [0.3, 0.4) is 0 Å². The highest BCUT2D eigenvalue weighted by Gasteiger charge is 2.25. The molecule has 7 heteroatoms. The van der Waals surface area contributed by atoms with Crippen molar-refractivity contribution in [3.8, 4) is 0 Å². The fraction of sp³-hybridized carbons (Fsp3) is 0.522. The number of aromatic nitrogens is 3. The Labute approximate surface area is 176 Å². The van der Waals surface area contributed by atoms with Gasteiger partial charge in [-0.15, -0.1) is 0 Å². The van der Waals surface area contributed by atoms with Crippen LogP contribution in [0.2, 0.25) is 0 Å². The van der Waals surface area contributed by atoms with Crippen molar-refractivity contribution in [1.82, 2.24) is 20.0 Å². The lowest BCUT2D eigenvalue weighted by molar-refractivity contribution is -0.134. The molecule has 0 spiro atoms. The molecule has 3 aromatic rings. The number of piperidine rings is 1. The highest BCUT2D eigenvalue weighted by atomic mass is 16.5. The van der Waals surface area contributed by atoms with Gasteiger partial charge in [-0.3, -0.25) is 4.79 Å². The van der Waals surface area contributed by atoms with Crippen molar-refractivity contribution in [3.05, 3.63) is 47.7 Å². The van der Waals surface area contributed by atoms with Gasteiger partial charge in [-0.05, 0) is 30.4 Å². The standard InChI is InChI=1S/C23H30N4O3/c1-16(2)12-22-25-21(26-30-22)9-11-29-18-6-5-10-27(15-18)23(28)13-17-14-24-20-8-4-3-7-19(17)20/h3-4,7-8,14,16,18,24H,5-6,9-13,15H2,1-2H3. The van der Waals surface area contributed by atoms with Crippen molar-refractivity contribution in [2.24, 2.45) is 5.92 Å². The van der Waals surface area contributed by atoms with Crippen molar-refractivity contribution < 1.29 is 14.1 Å². The van der Waals surface area contributed by atoms with Gasteiger partial charge >= 0.3 is 0 Å². The summed E-state index contributed by atoms with van der Waals surface area (Å²) < 4.78 is 11.3. The summed E-state index contributed by atoms with van der Waals surface area (Å²) >= 11 is 0. The van der Waals surface area contributed by atoms with Gasteiger partial charge in [-0.2, -0.15) is 4.98 Å². The number of rotatable bonds is 8. The third-order valence-corrected chi connectivity index (χ3v) is 5.52. The number of fused-ring (bicyclic) bond motifs is 1. The zero-order valence-corrected chi connectivity index (χ0v) is 17.8. The molecule has 7 nitrogen and oxygen atoms in total. The molecule has 0 bridgehead atoms. The Balaban J connectivity index is 1.25. The molecule has 0 radical (unpaired) electrons. The van der Waals surface area contributed by atoms with Gasteiger partial charge in [0.15, 0.2) is 5.82 Å². The van der Waals surface area contributed by atoms with Gasteiger partial charge in [-0.25, -0.2) is 0 Å². The van der Waals surface area contributed by atoms with E-state index in [4.69, 9.17) is 9.26 Å². The molecule has 0 aliphatic carbocycles. The minimum Gasteiger partial charge on any atom is -0.376 e. The lowest BCUT2D eigenvalue weighted by Gasteiger charge is -2.32. The molecule has 2 aromatic heterocycles. The summed E-state index contributed by atoms with van der Waals surface area (Å²) in [6, 6.07) is 8.09. The minimum atomic E-state index is 0.0627. The summed E-state index contributed by atoms with van der Waals surface area (Å²) in [7, 11) is 0. The number of ether oxygens (including phenoxy) is 1. The van der Waals surface area contributed by atoms with Crippen LogP contribution in [0.15, 0.2) is 35.0 Å². The van der Waals surface area contributed by atoms with E-state index >= 15 is 0 Å². The summed E-state index contributed by atoms with van der Waals surface area (Å²) in [5, 5.41) is 5.15. The van der Waals surface area contributed by atoms with Crippen LogP contribution < -0.4 is 0 Å². The summed E-state index contributed by atoms with van der Waals surface area (Å²) in [6.45, 7) is 6.23. The van der Waals surface area contributed by atoms with Crippen LogP contribution in [0.1, 0.15) is 44.0 Å². The maximum absolute atomic E-state index is 12.9. The predicted octanol–water partition coefficient (Wildman–Crippen LogP) is 3.54. The number of nitrogens with zero attached hydrogens (tertiary/aromatic N) is 3. The van der Waals surface area contributed by atoms with Gasteiger partial charge in [0.05, 0.1) is 19.1 Å². The lowest BCUT2D eigenvalue weighted by atomic mass is 10.1. The first kappa shape index (κ1) is 20.6. The first-order chi connectivity index (χ1) is 14.6. The van der Waals surface area contributed by atoms with Gasteiger partial charge in [0.25, 0.3) is 0 Å². The van der Waals surface area contributed by atoms with Crippen LogP contribution >= 0.6 is 0 Å². The SMILES string of the molecule is CC(C)Cc1nc(CCOC2CCCN(C(=O)Cc3c[nH]c4ccccc34)C2)no1. The Bertz CT molecular complexity index is 978. The zero-order valence-electron chi connectivity index (χ0n) is 17.8. The molecular weight excluding hydrogens is 380 g/mol. The largest absolute Gasteiger partial charge is 0.376 e. The van der Waals surface area contributed by atoms with E-state index in [0.717, 1.165) is 42.3 Å². The third kappa shape index (κ3) is 5.08. The molecule has 1 amide bonds. The average Bonchev–Trinajstić information content (AvgIpc) is 3.35. The Morgan fingerprint density at radius 1 is 1.37 bits per heavy atom. The van der Waals surface area contributed by atoms with Crippen molar-refractivity contribution in [2.75, 3.05) is 19.7 Å². The number of carbonyl (C=O) groups excluding carboxylic acids is 1. The van der Waals surface area contributed by atoms with Crippen LogP contribution in [0, 0.1) is 5.92 Å². The molecular formula is C23H30N4O3. The molecule has 1 aromatic carbocycles. The van der Waals surface area contributed by atoms with E-state index in [2.05, 4.69) is 35.0 Å². The van der Waals surface area contributed by atoms with Crippen LogP contribution in [0.5, 0.6) is 0 Å². The van der Waals surface area contributed by atoms with Crippen LogP contribution in [-0.2, 0) is 28.8 Å². The number of aromatic amines is 1. The van der Waals surface area contributed by atoms with Crippen LogP contribution in [-0.4, -0.2) is 51.7 Å². The number of benzene rings is 1. The third-order valence-electron chi connectivity index (χ3n) is 5.52. The molecule has 1 N–H and O–H groups in total. The number of amides is 1. The normalized spacial score (nSPS) is 17.2. The Hall–Kier alpha value is -2.67. The first-order valence-corrected chi connectivity index (χ1v) is 10.8. The molecule has 1 atom stereocenters. The van der Waals surface area contributed by atoms with E-state index in [1.807, 2.05) is 29.3 Å². The van der Waals surface area contributed by atoms with Crippen LogP contribution in [0.25, 0.3) is 10.9 Å². The number of nitrogens with one attached hydrogen (secondary N) is 1.